The fraction of sp³-hybridized carbons (Fsp3) is 0.769. The Kier molecular flexibility index (Phi) is 3.79. The topological polar surface area (TPSA) is 43.8 Å². The Hall–Kier alpha value is -0.540. The summed E-state index contributed by atoms with van der Waals surface area (Å²) in [4.78, 5) is 0. The lowest BCUT2D eigenvalue weighted by Gasteiger charge is -2.12. The first kappa shape index (κ1) is 12.9. The van der Waals surface area contributed by atoms with Gasteiger partial charge in [-0.05, 0) is 31.6 Å². The van der Waals surface area contributed by atoms with Gasteiger partial charge in [0.05, 0.1) is 16.4 Å². The van der Waals surface area contributed by atoms with Crippen LogP contribution in [0.1, 0.15) is 38.6 Å². The molecule has 4 heteroatoms. The second kappa shape index (κ2) is 4.99. The Morgan fingerprint density at radius 1 is 1.53 bits per heavy atom. The molecule has 1 heterocycles. The zero-order valence-corrected chi connectivity index (χ0v) is 11.7. The number of aromatic nitrogens is 2. The second-order valence-electron chi connectivity index (χ2n) is 5.12. The van der Waals surface area contributed by atoms with Gasteiger partial charge in [0.15, 0.2) is 0 Å². The summed E-state index contributed by atoms with van der Waals surface area (Å²) in [6, 6.07) is 0.231. The van der Waals surface area contributed by atoms with Crippen LogP contribution in [0.5, 0.6) is 0 Å². The van der Waals surface area contributed by atoms with E-state index >= 15 is 0 Å². The van der Waals surface area contributed by atoms with Crippen molar-refractivity contribution in [3.63, 3.8) is 0 Å². The number of aryl methyl sites for hydroxylation is 2. The van der Waals surface area contributed by atoms with Crippen LogP contribution < -0.4 is 5.73 Å². The second-order valence-corrected chi connectivity index (χ2v) is 5.50. The molecule has 1 fully saturated rings. The van der Waals surface area contributed by atoms with Gasteiger partial charge in [0.1, 0.15) is 0 Å². The number of hydrogen-bond donors (Lipinski definition) is 1. The van der Waals surface area contributed by atoms with Gasteiger partial charge >= 0.3 is 0 Å². The van der Waals surface area contributed by atoms with Crippen molar-refractivity contribution in [2.24, 2.45) is 17.6 Å². The first-order chi connectivity index (χ1) is 8.08. The predicted molar refractivity (Wildman–Crippen MR) is 71.2 cm³/mol. The number of halogens is 1. The highest BCUT2D eigenvalue weighted by Crippen LogP contribution is 2.41. The Balaban J connectivity index is 2.16. The van der Waals surface area contributed by atoms with Crippen LogP contribution in [-0.2, 0) is 19.4 Å². The van der Waals surface area contributed by atoms with Crippen LogP contribution in [0.2, 0.25) is 5.02 Å². The molecule has 0 spiro atoms. The molecule has 1 aliphatic rings. The van der Waals surface area contributed by atoms with Gasteiger partial charge in [0, 0.05) is 19.0 Å². The van der Waals surface area contributed by atoms with Gasteiger partial charge in [0.25, 0.3) is 0 Å². The molecule has 3 atom stereocenters. The molecule has 1 aromatic rings. The molecule has 0 saturated heterocycles. The Bertz CT molecular complexity index is 400. The fourth-order valence-electron chi connectivity index (χ4n) is 2.53. The highest BCUT2D eigenvalue weighted by molar-refractivity contribution is 6.31. The summed E-state index contributed by atoms with van der Waals surface area (Å²) < 4.78 is 2.01. The van der Waals surface area contributed by atoms with E-state index in [0.717, 1.165) is 41.7 Å². The third-order valence-corrected chi connectivity index (χ3v) is 4.28. The molecule has 1 saturated carbocycles. The summed E-state index contributed by atoms with van der Waals surface area (Å²) in [5, 5.41) is 5.36. The minimum Gasteiger partial charge on any atom is -0.327 e. The van der Waals surface area contributed by atoms with Gasteiger partial charge in [-0.1, -0.05) is 25.4 Å². The molecule has 3 unspecified atom stereocenters. The van der Waals surface area contributed by atoms with E-state index in [0.29, 0.717) is 5.92 Å². The van der Waals surface area contributed by atoms with Gasteiger partial charge in [-0.2, -0.15) is 5.10 Å². The Morgan fingerprint density at radius 2 is 2.18 bits per heavy atom. The van der Waals surface area contributed by atoms with E-state index in [1.807, 2.05) is 4.68 Å². The van der Waals surface area contributed by atoms with E-state index in [1.54, 1.807) is 0 Å². The standard InChI is InChI=1S/C13H22ClN3/c1-4-11-13(14)12(17(5-2)16-11)7-10(15)9-6-8(9)3/h8-10H,4-7,15H2,1-3H3. The smallest absolute Gasteiger partial charge is 0.0850 e. The van der Waals surface area contributed by atoms with Gasteiger partial charge in [-0.25, -0.2) is 0 Å². The average molecular weight is 256 g/mol. The van der Waals surface area contributed by atoms with E-state index in [9.17, 15) is 0 Å². The van der Waals surface area contributed by atoms with Crippen LogP contribution in [0, 0.1) is 11.8 Å². The van der Waals surface area contributed by atoms with Crippen LogP contribution in [-0.4, -0.2) is 15.8 Å². The van der Waals surface area contributed by atoms with E-state index in [4.69, 9.17) is 17.3 Å². The summed E-state index contributed by atoms with van der Waals surface area (Å²) in [6.45, 7) is 7.31. The van der Waals surface area contributed by atoms with Crippen LogP contribution >= 0.6 is 11.6 Å². The highest BCUT2D eigenvalue weighted by atomic mass is 35.5. The van der Waals surface area contributed by atoms with E-state index in [2.05, 4.69) is 25.9 Å². The number of rotatable bonds is 5. The molecule has 1 aliphatic carbocycles. The normalized spacial score (nSPS) is 25.0. The molecule has 0 aliphatic heterocycles. The zero-order valence-electron chi connectivity index (χ0n) is 10.9. The maximum atomic E-state index is 6.38. The molecule has 0 bridgehead atoms. The lowest BCUT2D eigenvalue weighted by molar-refractivity contribution is 0.523. The monoisotopic (exact) mass is 255 g/mol. The molecule has 2 rings (SSSR count). The minimum atomic E-state index is 0.231. The van der Waals surface area contributed by atoms with Crippen LogP contribution in [0.25, 0.3) is 0 Å². The van der Waals surface area contributed by atoms with Gasteiger partial charge in [-0.15, -0.1) is 0 Å². The summed E-state index contributed by atoms with van der Waals surface area (Å²) in [5.74, 6) is 1.46. The molecular formula is C13H22ClN3. The minimum absolute atomic E-state index is 0.231. The first-order valence-electron chi connectivity index (χ1n) is 6.58. The maximum absolute atomic E-state index is 6.38. The van der Waals surface area contributed by atoms with E-state index < -0.39 is 0 Å². The first-order valence-corrected chi connectivity index (χ1v) is 6.95. The van der Waals surface area contributed by atoms with Crippen molar-refractivity contribution in [3.05, 3.63) is 16.4 Å². The number of nitrogens with zero attached hydrogens (tertiary/aromatic N) is 2. The fourth-order valence-corrected chi connectivity index (χ4v) is 2.88. The molecule has 3 nitrogen and oxygen atoms in total. The van der Waals surface area contributed by atoms with Crippen molar-refractivity contribution in [2.75, 3.05) is 0 Å². The van der Waals surface area contributed by atoms with Gasteiger partial charge in [0.2, 0.25) is 0 Å². The van der Waals surface area contributed by atoms with Crippen LogP contribution in [0.15, 0.2) is 0 Å². The average Bonchev–Trinajstić information content (AvgIpc) is 2.97. The lowest BCUT2D eigenvalue weighted by atomic mass is 10.1. The Labute approximate surface area is 108 Å². The van der Waals surface area contributed by atoms with E-state index in [-0.39, 0.29) is 6.04 Å². The van der Waals surface area contributed by atoms with E-state index in [1.165, 1.54) is 6.42 Å². The highest BCUT2D eigenvalue weighted by Gasteiger charge is 2.38. The van der Waals surface area contributed by atoms with Gasteiger partial charge in [-0.3, -0.25) is 4.68 Å². The van der Waals surface area contributed by atoms with Crippen molar-refractivity contribution >= 4 is 11.6 Å². The van der Waals surface area contributed by atoms with Crippen LogP contribution in [0.4, 0.5) is 0 Å². The largest absolute Gasteiger partial charge is 0.327 e. The molecule has 17 heavy (non-hydrogen) atoms. The Morgan fingerprint density at radius 3 is 2.65 bits per heavy atom. The number of hydrogen-bond acceptors (Lipinski definition) is 2. The lowest BCUT2D eigenvalue weighted by Crippen LogP contribution is -2.27. The molecular weight excluding hydrogens is 234 g/mol. The van der Waals surface area contributed by atoms with Crippen molar-refractivity contribution < 1.29 is 0 Å². The van der Waals surface area contributed by atoms with Gasteiger partial charge < -0.3 is 5.73 Å². The van der Waals surface area contributed by atoms with Crippen molar-refractivity contribution in [1.82, 2.24) is 9.78 Å². The summed E-state index contributed by atoms with van der Waals surface area (Å²) in [7, 11) is 0. The zero-order chi connectivity index (χ0) is 12.6. The molecule has 1 aromatic heterocycles. The molecule has 0 amide bonds. The number of nitrogens with two attached hydrogens (primary N) is 1. The van der Waals surface area contributed by atoms with Crippen molar-refractivity contribution in [2.45, 2.75) is 52.6 Å². The molecule has 0 aromatic carbocycles. The summed E-state index contributed by atoms with van der Waals surface area (Å²) >= 11 is 6.38. The summed E-state index contributed by atoms with van der Waals surface area (Å²) in [6.07, 6.45) is 3.00. The maximum Gasteiger partial charge on any atom is 0.0850 e. The molecule has 96 valence electrons. The molecule has 0 radical (unpaired) electrons. The third-order valence-electron chi connectivity index (χ3n) is 3.84. The third kappa shape index (κ3) is 2.50. The molecule has 2 N–H and O–H groups in total. The van der Waals surface area contributed by atoms with Crippen molar-refractivity contribution in [1.29, 1.82) is 0 Å². The van der Waals surface area contributed by atoms with Crippen LogP contribution in [0.3, 0.4) is 0 Å². The SMILES string of the molecule is CCc1nn(CC)c(CC(N)C2CC2C)c1Cl. The predicted octanol–water partition coefficient (Wildman–Crippen LogP) is 2.64. The van der Waals surface area contributed by atoms with Crippen molar-refractivity contribution in [3.8, 4) is 0 Å². The summed E-state index contributed by atoms with van der Waals surface area (Å²) in [5.41, 5.74) is 8.37. The quantitative estimate of drug-likeness (QED) is 0.879.